The highest BCUT2D eigenvalue weighted by atomic mass is 32.2. The number of ether oxygens (including phenoxy) is 2. The van der Waals surface area contributed by atoms with E-state index in [1.165, 1.54) is 43.9 Å². The molecule has 8 heteroatoms. The minimum Gasteiger partial charge on any atom is -0.493 e. The number of hydrogen-bond acceptors (Lipinski definition) is 7. The standard InChI is InChI=1S/C29H36N2O5S/c1-2-7-23-25(15-14-22-24(31-36-26(22)23)18-19-8-4-3-5-9-19)35-17-6-16-34-21-12-10-20(11-13-21)27-28(32)30-29(33)37-27/h10-15,19,27,29,33H,2-9,16-18H2,1H3,(H,30,32). The first kappa shape index (κ1) is 25.9. The Balaban J connectivity index is 1.14. The average Bonchev–Trinajstić information content (AvgIpc) is 3.48. The van der Waals surface area contributed by atoms with Crippen molar-refractivity contribution >= 4 is 28.6 Å². The third-order valence-electron chi connectivity index (χ3n) is 7.25. The first-order valence-corrected chi connectivity index (χ1v) is 14.5. The van der Waals surface area contributed by atoms with Crippen molar-refractivity contribution in [3.8, 4) is 11.5 Å². The summed E-state index contributed by atoms with van der Waals surface area (Å²) in [6.45, 7) is 3.23. The third-order valence-corrected chi connectivity index (χ3v) is 8.38. The first-order chi connectivity index (χ1) is 18.1. The normalized spacial score (nSPS) is 20.3. The molecule has 2 aromatic carbocycles. The summed E-state index contributed by atoms with van der Waals surface area (Å²) in [5.41, 5.74) is 3.08. The number of hydrogen-bond donors (Lipinski definition) is 2. The van der Waals surface area contributed by atoms with Gasteiger partial charge in [0.15, 0.2) is 11.1 Å². The van der Waals surface area contributed by atoms with Crippen LogP contribution in [-0.4, -0.2) is 34.9 Å². The largest absolute Gasteiger partial charge is 0.493 e. The quantitative estimate of drug-likeness (QED) is 0.300. The van der Waals surface area contributed by atoms with Crippen LogP contribution in [-0.2, 0) is 17.6 Å². The van der Waals surface area contributed by atoms with E-state index in [0.717, 1.165) is 70.9 Å². The maximum atomic E-state index is 11.9. The Morgan fingerprint density at radius 2 is 1.86 bits per heavy atom. The van der Waals surface area contributed by atoms with Gasteiger partial charge in [-0.05, 0) is 48.6 Å². The van der Waals surface area contributed by atoms with Crippen LogP contribution in [0.1, 0.15) is 73.9 Å². The molecule has 1 saturated carbocycles. The highest BCUT2D eigenvalue weighted by molar-refractivity contribution is 8.01. The van der Waals surface area contributed by atoms with Crippen LogP contribution in [0.2, 0.25) is 0 Å². The molecule has 0 bridgehead atoms. The van der Waals surface area contributed by atoms with Crippen molar-refractivity contribution in [3.05, 3.63) is 53.2 Å². The van der Waals surface area contributed by atoms with Crippen molar-refractivity contribution in [1.82, 2.24) is 10.5 Å². The molecular weight excluding hydrogens is 488 g/mol. The minimum atomic E-state index is -0.848. The molecule has 3 aromatic rings. The number of benzene rings is 2. The van der Waals surface area contributed by atoms with Gasteiger partial charge in [0, 0.05) is 17.4 Å². The summed E-state index contributed by atoms with van der Waals surface area (Å²) in [4.78, 5) is 11.9. The summed E-state index contributed by atoms with van der Waals surface area (Å²) < 4.78 is 17.9. The molecule has 1 aliphatic heterocycles. The number of nitrogens with one attached hydrogen (secondary N) is 1. The van der Waals surface area contributed by atoms with Gasteiger partial charge in [0.05, 0.1) is 18.9 Å². The van der Waals surface area contributed by atoms with Gasteiger partial charge < -0.3 is 24.4 Å². The minimum absolute atomic E-state index is 0.172. The Bertz CT molecular complexity index is 1190. The number of rotatable bonds is 11. The Kier molecular flexibility index (Phi) is 8.56. The van der Waals surface area contributed by atoms with Gasteiger partial charge in [-0.3, -0.25) is 4.79 Å². The molecule has 37 heavy (non-hydrogen) atoms. The zero-order valence-corrected chi connectivity index (χ0v) is 22.2. The summed E-state index contributed by atoms with van der Waals surface area (Å²) in [5.74, 6) is 2.16. The van der Waals surface area contributed by atoms with E-state index in [9.17, 15) is 9.90 Å². The maximum absolute atomic E-state index is 11.9. The molecule has 2 unspecified atom stereocenters. The lowest BCUT2D eigenvalue weighted by molar-refractivity contribution is -0.121. The number of carbonyl (C=O) groups excluding carboxylic acids is 1. The number of aliphatic hydroxyl groups excluding tert-OH is 1. The monoisotopic (exact) mass is 524 g/mol. The summed E-state index contributed by atoms with van der Waals surface area (Å²) in [5, 5.41) is 17.3. The van der Waals surface area contributed by atoms with Crippen molar-refractivity contribution in [2.75, 3.05) is 13.2 Å². The Hall–Kier alpha value is -2.71. The lowest BCUT2D eigenvalue weighted by Gasteiger charge is -2.20. The molecule has 1 saturated heterocycles. The smallest absolute Gasteiger partial charge is 0.240 e. The van der Waals surface area contributed by atoms with E-state index < -0.39 is 5.56 Å². The van der Waals surface area contributed by atoms with Gasteiger partial charge in [-0.2, -0.15) is 0 Å². The topological polar surface area (TPSA) is 93.8 Å². The predicted octanol–water partition coefficient (Wildman–Crippen LogP) is 5.93. The van der Waals surface area contributed by atoms with Crippen molar-refractivity contribution < 1.29 is 23.9 Å². The lowest BCUT2D eigenvalue weighted by Crippen LogP contribution is -2.24. The van der Waals surface area contributed by atoms with Gasteiger partial charge in [-0.1, -0.05) is 74.5 Å². The molecule has 2 fully saturated rings. The van der Waals surface area contributed by atoms with Gasteiger partial charge >= 0.3 is 0 Å². The average molecular weight is 525 g/mol. The highest BCUT2D eigenvalue weighted by Gasteiger charge is 2.32. The summed E-state index contributed by atoms with van der Waals surface area (Å²) in [6, 6.07) is 11.6. The van der Waals surface area contributed by atoms with Gasteiger partial charge in [-0.25, -0.2) is 0 Å². The second-order valence-electron chi connectivity index (χ2n) is 10.0. The Morgan fingerprint density at radius 3 is 2.59 bits per heavy atom. The van der Waals surface area contributed by atoms with Crippen LogP contribution >= 0.6 is 11.8 Å². The second-order valence-corrected chi connectivity index (χ2v) is 11.2. The Labute approximate surface area is 222 Å². The van der Waals surface area contributed by atoms with E-state index in [1.807, 2.05) is 24.3 Å². The summed E-state index contributed by atoms with van der Waals surface area (Å²) in [7, 11) is 0. The van der Waals surface area contributed by atoms with Crippen LogP contribution in [0.3, 0.4) is 0 Å². The number of carbonyl (C=O) groups is 1. The van der Waals surface area contributed by atoms with Crippen LogP contribution in [0.25, 0.3) is 11.0 Å². The van der Waals surface area contributed by atoms with Gasteiger partial charge in [0.25, 0.3) is 0 Å². The number of aliphatic hydroxyl groups is 1. The molecular formula is C29H36N2O5S. The zero-order chi connectivity index (χ0) is 25.6. The third kappa shape index (κ3) is 6.24. The number of thioether (sulfide) groups is 1. The lowest BCUT2D eigenvalue weighted by atomic mass is 9.85. The maximum Gasteiger partial charge on any atom is 0.240 e. The molecule has 2 N–H and O–H groups in total. The fraction of sp³-hybridized carbons (Fsp3) is 0.517. The molecule has 0 spiro atoms. The molecule has 1 aromatic heterocycles. The number of amides is 1. The zero-order valence-electron chi connectivity index (χ0n) is 21.4. The molecule has 7 nitrogen and oxygen atoms in total. The van der Waals surface area contributed by atoms with E-state index >= 15 is 0 Å². The molecule has 2 heterocycles. The van der Waals surface area contributed by atoms with Crippen molar-refractivity contribution in [1.29, 1.82) is 0 Å². The van der Waals surface area contributed by atoms with Crippen LogP contribution in [0.5, 0.6) is 11.5 Å². The molecule has 2 atom stereocenters. The van der Waals surface area contributed by atoms with E-state index in [0.29, 0.717) is 13.2 Å². The highest BCUT2D eigenvalue weighted by Crippen LogP contribution is 2.37. The van der Waals surface area contributed by atoms with Gasteiger partial charge in [-0.15, -0.1) is 0 Å². The van der Waals surface area contributed by atoms with Gasteiger partial charge in [0.2, 0.25) is 5.91 Å². The van der Waals surface area contributed by atoms with Crippen LogP contribution in [0.15, 0.2) is 40.9 Å². The number of fused-ring (bicyclic) bond motifs is 1. The fourth-order valence-corrected chi connectivity index (χ4v) is 6.29. The number of aromatic nitrogens is 1. The predicted molar refractivity (Wildman–Crippen MR) is 145 cm³/mol. The van der Waals surface area contributed by atoms with E-state index in [-0.39, 0.29) is 11.2 Å². The van der Waals surface area contributed by atoms with Crippen molar-refractivity contribution in [2.45, 2.75) is 75.5 Å². The fourth-order valence-electron chi connectivity index (χ4n) is 5.35. The van der Waals surface area contributed by atoms with E-state index in [1.54, 1.807) is 0 Å². The van der Waals surface area contributed by atoms with Crippen LogP contribution < -0.4 is 14.8 Å². The molecule has 2 aliphatic rings. The summed E-state index contributed by atoms with van der Waals surface area (Å²) in [6.07, 6.45) is 10.3. The second kappa shape index (κ2) is 12.2. The van der Waals surface area contributed by atoms with Crippen molar-refractivity contribution in [3.63, 3.8) is 0 Å². The molecule has 0 radical (unpaired) electrons. The Morgan fingerprint density at radius 1 is 1.08 bits per heavy atom. The first-order valence-electron chi connectivity index (χ1n) is 13.5. The number of aryl methyl sites for hydroxylation is 1. The molecule has 198 valence electrons. The summed E-state index contributed by atoms with van der Waals surface area (Å²) >= 11 is 1.20. The molecule has 1 amide bonds. The van der Waals surface area contributed by atoms with E-state index in [4.69, 9.17) is 14.0 Å². The SMILES string of the molecule is CCCc1c(OCCCOc2ccc(C3SC(O)NC3=O)cc2)ccc2c(CC3CCCCC3)noc12. The van der Waals surface area contributed by atoms with Crippen LogP contribution in [0.4, 0.5) is 0 Å². The van der Waals surface area contributed by atoms with Crippen LogP contribution in [0, 0.1) is 5.92 Å². The number of nitrogens with zero attached hydrogens (tertiary/aromatic N) is 1. The molecule has 5 rings (SSSR count). The van der Waals surface area contributed by atoms with Gasteiger partial charge in [0.1, 0.15) is 16.7 Å². The van der Waals surface area contributed by atoms with E-state index in [2.05, 4.69) is 29.5 Å². The molecule has 1 aliphatic carbocycles. The van der Waals surface area contributed by atoms with Crippen molar-refractivity contribution in [2.24, 2.45) is 5.92 Å².